The predicted molar refractivity (Wildman–Crippen MR) is 185 cm³/mol. The topological polar surface area (TPSA) is 25.8 Å². The molecule has 0 fully saturated rings. The van der Waals surface area contributed by atoms with Crippen LogP contribution in [0.5, 0.6) is 0 Å². The molecule has 2 nitrogen and oxygen atoms in total. The van der Waals surface area contributed by atoms with Gasteiger partial charge in [0, 0.05) is 22.7 Å². The first kappa shape index (κ1) is 25.6. The Balaban J connectivity index is 1.48. The molecule has 2 aromatic heterocycles. The quantitative estimate of drug-likeness (QED) is 0.210. The van der Waals surface area contributed by atoms with E-state index in [1.165, 1.54) is 44.2 Å². The molecule has 2 heteroatoms. The molecule has 0 amide bonds. The third-order valence-corrected chi connectivity index (χ3v) is 9.37. The smallest absolute Gasteiger partial charge is 0.0803 e. The number of pyridine rings is 2. The Morgan fingerprint density at radius 3 is 1.84 bits per heavy atom. The van der Waals surface area contributed by atoms with E-state index in [-0.39, 0.29) is 0 Å². The molecule has 210 valence electrons. The van der Waals surface area contributed by atoms with Crippen molar-refractivity contribution in [2.45, 2.75) is 5.41 Å². The third-order valence-electron chi connectivity index (χ3n) is 9.37. The molecule has 1 aliphatic rings. The zero-order valence-corrected chi connectivity index (χ0v) is 24.6. The van der Waals surface area contributed by atoms with Gasteiger partial charge in [0.05, 0.1) is 22.3 Å². The van der Waals surface area contributed by atoms with Crippen LogP contribution in [0, 0.1) is 0 Å². The molecule has 0 bridgehead atoms. The Kier molecular flexibility index (Phi) is 5.76. The van der Waals surface area contributed by atoms with Crippen LogP contribution >= 0.6 is 0 Å². The third kappa shape index (κ3) is 3.76. The fraction of sp³-hybridized carbons (Fsp3) is 0.0233. The fourth-order valence-electron chi connectivity index (χ4n) is 7.55. The summed E-state index contributed by atoms with van der Waals surface area (Å²) in [6, 6.07) is 58.8. The highest BCUT2D eigenvalue weighted by Crippen LogP contribution is 2.59. The molecule has 0 N–H and O–H groups in total. The molecular weight excluding hydrogens is 544 g/mol. The van der Waals surface area contributed by atoms with Crippen molar-refractivity contribution in [2.24, 2.45) is 0 Å². The Hall–Kier alpha value is -5.86. The van der Waals surface area contributed by atoms with Gasteiger partial charge in [-0.05, 0) is 68.4 Å². The average molecular weight is 573 g/mol. The van der Waals surface area contributed by atoms with Crippen LogP contribution in [0.2, 0.25) is 0 Å². The average Bonchev–Trinajstić information content (AvgIpc) is 3.41. The number of rotatable bonds is 4. The maximum Gasteiger partial charge on any atom is 0.0803 e. The molecular formula is C43H28N2. The summed E-state index contributed by atoms with van der Waals surface area (Å²) >= 11 is 0. The molecule has 9 rings (SSSR count). The Morgan fingerprint density at radius 1 is 0.467 bits per heavy atom. The molecule has 45 heavy (non-hydrogen) atoms. The summed E-state index contributed by atoms with van der Waals surface area (Å²) in [6.07, 6.45) is 1.87. The van der Waals surface area contributed by atoms with Gasteiger partial charge in [-0.3, -0.25) is 4.98 Å². The van der Waals surface area contributed by atoms with Crippen molar-refractivity contribution in [1.29, 1.82) is 0 Å². The number of aromatic nitrogens is 2. The molecule has 0 aliphatic heterocycles. The summed E-state index contributed by atoms with van der Waals surface area (Å²) in [4.78, 5) is 10.4. The van der Waals surface area contributed by atoms with E-state index in [2.05, 4.69) is 158 Å². The summed E-state index contributed by atoms with van der Waals surface area (Å²) in [6.45, 7) is 0. The molecule has 0 saturated heterocycles. The van der Waals surface area contributed by atoms with E-state index in [0.29, 0.717) is 0 Å². The Labute approximate surface area is 262 Å². The lowest BCUT2D eigenvalue weighted by molar-refractivity contribution is 0.769. The molecule has 1 aliphatic carbocycles. The zero-order chi connectivity index (χ0) is 29.8. The van der Waals surface area contributed by atoms with E-state index >= 15 is 0 Å². The molecule has 0 atom stereocenters. The van der Waals surface area contributed by atoms with Crippen molar-refractivity contribution < 1.29 is 0 Å². The Morgan fingerprint density at radius 2 is 1.09 bits per heavy atom. The van der Waals surface area contributed by atoms with Gasteiger partial charge in [-0.25, -0.2) is 4.98 Å². The number of nitrogens with zero attached hydrogens (tertiary/aromatic N) is 2. The van der Waals surface area contributed by atoms with Gasteiger partial charge in [-0.15, -0.1) is 0 Å². The van der Waals surface area contributed by atoms with Gasteiger partial charge in [-0.2, -0.15) is 0 Å². The minimum atomic E-state index is -0.495. The van der Waals surface area contributed by atoms with Crippen LogP contribution in [0.15, 0.2) is 170 Å². The number of hydrogen-bond donors (Lipinski definition) is 0. The first-order valence-corrected chi connectivity index (χ1v) is 15.4. The maximum absolute atomic E-state index is 5.50. The second-order valence-corrected chi connectivity index (χ2v) is 11.7. The van der Waals surface area contributed by atoms with Gasteiger partial charge >= 0.3 is 0 Å². The van der Waals surface area contributed by atoms with Gasteiger partial charge in [-0.1, -0.05) is 140 Å². The second kappa shape index (κ2) is 10.1. The second-order valence-electron chi connectivity index (χ2n) is 11.7. The van der Waals surface area contributed by atoms with Crippen LogP contribution in [0.4, 0.5) is 0 Å². The molecule has 6 aromatic carbocycles. The summed E-state index contributed by atoms with van der Waals surface area (Å²) in [7, 11) is 0. The van der Waals surface area contributed by atoms with Gasteiger partial charge in [0.15, 0.2) is 0 Å². The number of fused-ring (bicyclic) bond motifs is 5. The van der Waals surface area contributed by atoms with E-state index in [1.54, 1.807) is 0 Å². The zero-order valence-electron chi connectivity index (χ0n) is 24.6. The molecule has 0 spiro atoms. The highest BCUT2D eigenvalue weighted by Gasteiger charge is 2.47. The van der Waals surface area contributed by atoms with Crippen LogP contribution in [-0.4, -0.2) is 9.97 Å². The molecule has 0 unspecified atom stereocenters. The summed E-state index contributed by atoms with van der Waals surface area (Å²) in [5.74, 6) is 0. The van der Waals surface area contributed by atoms with Crippen molar-refractivity contribution in [2.75, 3.05) is 0 Å². The fourth-order valence-corrected chi connectivity index (χ4v) is 7.55. The lowest BCUT2D eigenvalue weighted by atomic mass is 9.67. The first-order chi connectivity index (χ1) is 22.3. The van der Waals surface area contributed by atoms with Crippen molar-refractivity contribution in [3.8, 4) is 33.6 Å². The van der Waals surface area contributed by atoms with Crippen molar-refractivity contribution in [1.82, 2.24) is 9.97 Å². The highest BCUT2D eigenvalue weighted by atomic mass is 14.8. The number of benzene rings is 6. The highest BCUT2D eigenvalue weighted by molar-refractivity contribution is 6.10. The van der Waals surface area contributed by atoms with E-state index in [1.807, 2.05) is 12.3 Å². The SMILES string of the molecule is c1ccc(-c2nc(-c3c4c(cc5ccccc35)C(c3ccccc3)(c3ccccc3)c3ccccc3-4)cc3ncccc23)cc1. The summed E-state index contributed by atoms with van der Waals surface area (Å²) < 4.78 is 0. The maximum atomic E-state index is 5.50. The normalized spacial score (nSPS) is 13.1. The van der Waals surface area contributed by atoms with Gasteiger partial charge in [0.2, 0.25) is 0 Å². The van der Waals surface area contributed by atoms with Crippen LogP contribution in [0.3, 0.4) is 0 Å². The molecule has 0 saturated carbocycles. The van der Waals surface area contributed by atoms with Crippen LogP contribution < -0.4 is 0 Å². The lowest BCUT2D eigenvalue weighted by Crippen LogP contribution is -2.28. The summed E-state index contributed by atoms with van der Waals surface area (Å²) in [5, 5.41) is 3.43. The number of hydrogen-bond acceptors (Lipinski definition) is 2. The van der Waals surface area contributed by atoms with Crippen molar-refractivity contribution >= 4 is 21.7 Å². The van der Waals surface area contributed by atoms with Gasteiger partial charge < -0.3 is 0 Å². The first-order valence-electron chi connectivity index (χ1n) is 15.4. The minimum Gasteiger partial charge on any atom is -0.256 e. The van der Waals surface area contributed by atoms with E-state index in [4.69, 9.17) is 9.97 Å². The van der Waals surface area contributed by atoms with E-state index in [9.17, 15) is 0 Å². The van der Waals surface area contributed by atoms with E-state index in [0.717, 1.165) is 33.4 Å². The molecule has 8 aromatic rings. The van der Waals surface area contributed by atoms with Gasteiger partial charge in [0.25, 0.3) is 0 Å². The van der Waals surface area contributed by atoms with Crippen molar-refractivity contribution in [3.05, 3.63) is 192 Å². The lowest BCUT2D eigenvalue weighted by Gasteiger charge is -2.34. The minimum absolute atomic E-state index is 0.495. The van der Waals surface area contributed by atoms with Crippen LogP contribution in [-0.2, 0) is 5.41 Å². The summed E-state index contributed by atoms with van der Waals surface area (Å²) in [5.41, 5.74) is 12.1. The largest absolute Gasteiger partial charge is 0.256 e. The van der Waals surface area contributed by atoms with E-state index < -0.39 is 5.41 Å². The van der Waals surface area contributed by atoms with Crippen LogP contribution in [0.1, 0.15) is 22.3 Å². The standard InChI is InChI=1S/C43H28N2/c1-4-15-29(16-5-1)42-35-24-14-26-44-38(35)28-39(45-42)41-33-22-11-10-17-30(33)27-37-40(41)34-23-12-13-25-36(34)43(37,31-18-6-2-7-19-31)32-20-8-3-9-21-32/h1-28H. The van der Waals surface area contributed by atoms with Crippen LogP contribution in [0.25, 0.3) is 55.3 Å². The predicted octanol–water partition coefficient (Wildman–Crippen LogP) is 10.5. The van der Waals surface area contributed by atoms with Gasteiger partial charge in [0.1, 0.15) is 0 Å². The monoisotopic (exact) mass is 572 g/mol. The van der Waals surface area contributed by atoms with Crippen molar-refractivity contribution in [3.63, 3.8) is 0 Å². The molecule has 2 heterocycles. The Bertz CT molecular complexity index is 2320. The molecule has 0 radical (unpaired) electrons.